The highest BCUT2D eigenvalue weighted by Crippen LogP contribution is 2.30. The normalized spacial score (nSPS) is 15.3. The van der Waals surface area contributed by atoms with E-state index in [2.05, 4.69) is 167 Å². The summed E-state index contributed by atoms with van der Waals surface area (Å²) in [6, 6.07) is 23.7. The molecule has 0 saturated carbocycles. The summed E-state index contributed by atoms with van der Waals surface area (Å²) in [5, 5.41) is 4.44. The molecule has 2 heterocycles. The number of ether oxygens (including phenoxy) is 1. The maximum Gasteiger partial charge on any atom is 0.350 e. The predicted molar refractivity (Wildman–Crippen MR) is 229 cm³/mol. The van der Waals surface area contributed by atoms with Crippen LogP contribution in [-0.2, 0) is 0 Å². The number of allylic oxidation sites excluding steroid dienone is 2. The Morgan fingerprint density at radius 3 is 2.08 bits per heavy atom. The summed E-state index contributed by atoms with van der Waals surface area (Å²) in [7, 11) is 2.13. The van der Waals surface area contributed by atoms with Gasteiger partial charge in [0.25, 0.3) is 0 Å². The molecule has 0 amide bonds. The Bertz CT molecular complexity index is 1790. The van der Waals surface area contributed by atoms with Gasteiger partial charge < -0.3 is 19.4 Å². The number of hydrogen-bond acceptors (Lipinski definition) is 6. The van der Waals surface area contributed by atoms with E-state index >= 15 is 0 Å². The molecule has 3 aromatic carbocycles. The van der Waals surface area contributed by atoms with Crippen molar-refractivity contribution >= 4 is 56.6 Å². The van der Waals surface area contributed by atoms with Crippen LogP contribution >= 0.6 is 45.2 Å². The highest BCUT2D eigenvalue weighted by molar-refractivity contribution is 14.1. The zero-order valence-electron chi connectivity index (χ0n) is 30.6. The monoisotopic (exact) mass is 914 g/mol. The Balaban J connectivity index is 1.13. The SMILES string of the molecule is C=C/C=C\N(C)CC(CCC(C)Oc1ccc(N2CCN(c3ccc(-n4cnn([C@@H](CC)C(C)C)c4=O)cc3)CC2)cc1)c1ccc(I)cc1I. The molecule has 2 unspecified atom stereocenters. The summed E-state index contributed by atoms with van der Waals surface area (Å²) in [5.41, 5.74) is 4.55. The maximum atomic E-state index is 13.1. The molecule has 51 heavy (non-hydrogen) atoms. The predicted octanol–water partition coefficient (Wildman–Crippen LogP) is 9.14. The molecule has 1 fully saturated rings. The Morgan fingerprint density at radius 2 is 1.51 bits per heavy atom. The van der Waals surface area contributed by atoms with Gasteiger partial charge in [0.2, 0.25) is 0 Å². The number of hydrogen-bond donors (Lipinski definition) is 0. The van der Waals surface area contributed by atoms with Crippen molar-refractivity contribution in [1.82, 2.24) is 19.2 Å². The second-order valence-electron chi connectivity index (χ2n) is 13.8. The van der Waals surface area contributed by atoms with Gasteiger partial charge in [-0.1, -0.05) is 39.5 Å². The third-order valence-electron chi connectivity index (χ3n) is 9.82. The first-order valence-electron chi connectivity index (χ1n) is 18.1. The minimum absolute atomic E-state index is 0.0829. The van der Waals surface area contributed by atoms with Gasteiger partial charge >= 0.3 is 5.69 Å². The van der Waals surface area contributed by atoms with Crippen LogP contribution in [0.1, 0.15) is 64.5 Å². The average Bonchev–Trinajstić information content (AvgIpc) is 3.50. The van der Waals surface area contributed by atoms with E-state index in [9.17, 15) is 4.79 Å². The van der Waals surface area contributed by atoms with Crippen molar-refractivity contribution in [2.24, 2.45) is 5.92 Å². The van der Waals surface area contributed by atoms with Gasteiger partial charge in [-0.15, -0.1) is 0 Å². The van der Waals surface area contributed by atoms with E-state index in [4.69, 9.17) is 4.74 Å². The first-order valence-corrected chi connectivity index (χ1v) is 20.2. The second-order valence-corrected chi connectivity index (χ2v) is 16.2. The van der Waals surface area contributed by atoms with Crippen molar-refractivity contribution in [3.05, 3.63) is 121 Å². The van der Waals surface area contributed by atoms with Crippen LogP contribution in [0.2, 0.25) is 0 Å². The van der Waals surface area contributed by atoms with E-state index in [1.165, 1.54) is 24.1 Å². The molecular formula is C41H52I2N6O2. The fraction of sp³-hybridized carbons (Fsp3) is 0.415. The van der Waals surface area contributed by atoms with Gasteiger partial charge in [0.15, 0.2) is 0 Å². The number of aromatic nitrogens is 3. The summed E-state index contributed by atoms with van der Waals surface area (Å²) in [5.74, 6) is 1.66. The van der Waals surface area contributed by atoms with Crippen LogP contribution < -0.4 is 20.2 Å². The van der Waals surface area contributed by atoms with E-state index in [1.54, 1.807) is 15.6 Å². The molecule has 1 saturated heterocycles. The van der Waals surface area contributed by atoms with Gasteiger partial charge in [-0.25, -0.2) is 14.0 Å². The number of rotatable bonds is 16. The van der Waals surface area contributed by atoms with Crippen molar-refractivity contribution in [1.29, 1.82) is 0 Å². The summed E-state index contributed by atoms with van der Waals surface area (Å²) in [6.07, 6.45) is 10.5. The van der Waals surface area contributed by atoms with Crippen LogP contribution in [0.25, 0.3) is 5.69 Å². The highest BCUT2D eigenvalue weighted by atomic mass is 127. The Morgan fingerprint density at radius 1 is 0.902 bits per heavy atom. The molecule has 3 atom stereocenters. The molecule has 0 aliphatic carbocycles. The number of piperazine rings is 1. The molecule has 8 nitrogen and oxygen atoms in total. The molecule has 5 rings (SSSR count). The lowest BCUT2D eigenvalue weighted by atomic mass is 9.92. The minimum Gasteiger partial charge on any atom is -0.491 e. The molecule has 10 heteroatoms. The average molecular weight is 915 g/mol. The number of nitrogens with zero attached hydrogens (tertiary/aromatic N) is 6. The van der Waals surface area contributed by atoms with E-state index in [0.717, 1.165) is 63.4 Å². The van der Waals surface area contributed by atoms with E-state index < -0.39 is 0 Å². The molecule has 1 aliphatic rings. The van der Waals surface area contributed by atoms with E-state index in [-0.39, 0.29) is 17.8 Å². The lowest BCUT2D eigenvalue weighted by Gasteiger charge is -2.37. The van der Waals surface area contributed by atoms with Crippen molar-refractivity contribution < 1.29 is 4.74 Å². The van der Waals surface area contributed by atoms with Crippen LogP contribution in [0.15, 0.2) is 103 Å². The highest BCUT2D eigenvalue weighted by Gasteiger charge is 2.21. The first kappa shape index (κ1) is 39.0. The maximum absolute atomic E-state index is 13.1. The zero-order chi connectivity index (χ0) is 36.5. The molecule has 0 radical (unpaired) electrons. The molecule has 4 aromatic rings. The minimum atomic E-state index is -0.0829. The molecule has 0 bridgehead atoms. The van der Waals surface area contributed by atoms with Crippen LogP contribution in [0.3, 0.4) is 0 Å². The van der Waals surface area contributed by atoms with Gasteiger partial charge in [-0.05, 0) is 156 Å². The zero-order valence-corrected chi connectivity index (χ0v) is 34.9. The van der Waals surface area contributed by atoms with Gasteiger partial charge in [0.1, 0.15) is 12.1 Å². The topological polar surface area (TPSA) is 58.8 Å². The lowest BCUT2D eigenvalue weighted by Crippen LogP contribution is -2.46. The third-order valence-corrected chi connectivity index (χ3v) is 11.4. The third kappa shape index (κ3) is 10.2. The number of halogens is 2. The van der Waals surface area contributed by atoms with E-state index in [0.29, 0.717) is 11.8 Å². The van der Waals surface area contributed by atoms with Crippen LogP contribution in [0.4, 0.5) is 11.4 Å². The Kier molecular flexibility index (Phi) is 14.1. The Labute approximate surface area is 331 Å². The van der Waals surface area contributed by atoms with Crippen LogP contribution in [-0.4, -0.2) is 65.1 Å². The fourth-order valence-electron chi connectivity index (χ4n) is 6.95. The standard InChI is InChI=1S/C41H52I2N6O2/c1-7-9-22-45(6)28-32(38-21-12-33(42)27-39(38)43)11-10-31(5)51-37-19-17-35(18-20-37)47-25-23-46(24-26-47)34-13-15-36(16-14-34)48-29-44-49(41(48)50)40(8-2)30(3)4/h7,9,12-22,27,29-32,40H,1,8,10-11,23-26,28H2,2-6H3/b22-9-/t31?,32?,40-/m0/s1. The van der Waals surface area contributed by atoms with Crippen molar-refractivity contribution in [2.75, 3.05) is 49.6 Å². The summed E-state index contributed by atoms with van der Waals surface area (Å²) >= 11 is 4.87. The van der Waals surface area contributed by atoms with Gasteiger partial charge in [-0.2, -0.15) is 5.10 Å². The summed E-state index contributed by atoms with van der Waals surface area (Å²) < 4.78 is 12.3. The van der Waals surface area contributed by atoms with Crippen LogP contribution in [0.5, 0.6) is 5.75 Å². The molecule has 1 aromatic heterocycles. The second kappa shape index (κ2) is 18.5. The molecular weight excluding hydrogens is 862 g/mol. The van der Waals surface area contributed by atoms with E-state index in [1.807, 2.05) is 24.3 Å². The molecule has 0 N–H and O–H groups in total. The lowest BCUT2D eigenvalue weighted by molar-refractivity contribution is 0.201. The number of likely N-dealkylation sites (N-methyl/N-ethyl adjacent to an activating group) is 1. The van der Waals surface area contributed by atoms with Gasteiger partial charge in [-0.3, -0.25) is 0 Å². The fourth-order valence-corrected chi connectivity index (χ4v) is 8.99. The van der Waals surface area contributed by atoms with Crippen molar-refractivity contribution in [3.63, 3.8) is 0 Å². The summed E-state index contributed by atoms with van der Waals surface area (Å²) in [6.45, 7) is 17.0. The van der Waals surface area contributed by atoms with Crippen LogP contribution in [0, 0.1) is 13.1 Å². The van der Waals surface area contributed by atoms with Gasteiger partial charge in [0.05, 0.1) is 17.8 Å². The smallest absolute Gasteiger partial charge is 0.350 e. The summed E-state index contributed by atoms with van der Waals surface area (Å²) in [4.78, 5) is 20.2. The molecule has 1 aliphatic heterocycles. The molecule has 0 spiro atoms. The van der Waals surface area contributed by atoms with Crippen molar-refractivity contribution in [2.45, 2.75) is 65.0 Å². The number of benzene rings is 3. The number of anilines is 2. The Hall–Kier alpha value is -3.26. The van der Waals surface area contributed by atoms with Gasteiger partial charge in [0, 0.05) is 64.2 Å². The van der Waals surface area contributed by atoms with Crippen molar-refractivity contribution in [3.8, 4) is 11.4 Å². The largest absolute Gasteiger partial charge is 0.491 e. The first-order chi connectivity index (χ1) is 24.6. The molecule has 272 valence electrons. The quantitative estimate of drug-likeness (QED) is 0.0827.